The molecule has 1 aliphatic heterocycles. The van der Waals surface area contributed by atoms with Gasteiger partial charge in [-0.1, -0.05) is 18.2 Å². The van der Waals surface area contributed by atoms with Crippen molar-refractivity contribution >= 4 is 16.8 Å². The van der Waals surface area contributed by atoms with E-state index in [1.54, 1.807) is 7.11 Å². The van der Waals surface area contributed by atoms with Gasteiger partial charge in [-0.2, -0.15) is 0 Å². The molecule has 4 heteroatoms. The summed E-state index contributed by atoms with van der Waals surface area (Å²) in [7, 11) is 1.67. The molecule has 0 atom stereocenters. The van der Waals surface area contributed by atoms with Crippen molar-refractivity contribution in [2.24, 2.45) is 0 Å². The van der Waals surface area contributed by atoms with E-state index in [9.17, 15) is 4.79 Å². The molecule has 4 nitrogen and oxygen atoms in total. The highest BCUT2D eigenvalue weighted by Gasteiger charge is 2.18. The van der Waals surface area contributed by atoms with Gasteiger partial charge in [0.2, 0.25) is 0 Å². The van der Waals surface area contributed by atoms with Gasteiger partial charge in [-0.15, -0.1) is 0 Å². The molecule has 1 aliphatic rings. The van der Waals surface area contributed by atoms with Gasteiger partial charge in [0, 0.05) is 29.7 Å². The van der Waals surface area contributed by atoms with Gasteiger partial charge in [0.25, 0.3) is 5.91 Å². The van der Waals surface area contributed by atoms with Crippen LogP contribution >= 0.6 is 0 Å². The Balaban J connectivity index is 1.69. The number of benzene rings is 2. The van der Waals surface area contributed by atoms with E-state index in [0.717, 1.165) is 65.0 Å². The van der Waals surface area contributed by atoms with Crippen LogP contribution < -0.4 is 4.74 Å². The van der Waals surface area contributed by atoms with E-state index in [4.69, 9.17) is 4.74 Å². The molecule has 1 fully saturated rings. The van der Waals surface area contributed by atoms with Crippen molar-refractivity contribution in [3.8, 4) is 16.9 Å². The Hall–Kier alpha value is -2.88. The van der Waals surface area contributed by atoms with Crippen molar-refractivity contribution in [2.75, 3.05) is 20.2 Å². The number of piperidine rings is 1. The van der Waals surface area contributed by atoms with Crippen LogP contribution in [-0.2, 0) is 0 Å². The lowest BCUT2D eigenvalue weighted by Crippen LogP contribution is -2.35. The molecule has 27 heavy (non-hydrogen) atoms. The summed E-state index contributed by atoms with van der Waals surface area (Å²) in [6.45, 7) is 3.72. The molecule has 0 aliphatic carbocycles. The Labute approximate surface area is 159 Å². The standard InChI is InChI=1S/C23H24N2O2/c1-16-6-11-20-19(12-13-21(27-2)22(20)24-16)17-7-9-18(10-8-17)23(26)25-14-4-3-5-15-25/h6-13H,3-5,14-15H2,1-2H3. The minimum Gasteiger partial charge on any atom is -0.494 e. The SMILES string of the molecule is COc1ccc(-c2ccc(C(=O)N3CCCCC3)cc2)c2ccc(C)nc12. The molecule has 0 bridgehead atoms. The molecule has 138 valence electrons. The summed E-state index contributed by atoms with van der Waals surface area (Å²) in [5.74, 6) is 0.910. The summed E-state index contributed by atoms with van der Waals surface area (Å²) >= 11 is 0. The van der Waals surface area contributed by atoms with Crippen LogP contribution in [0.1, 0.15) is 35.3 Å². The first kappa shape index (κ1) is 17.5. The van der Waals surface area contributed by atoms with Crippen molar-refractivity contribution in [3.63, 3.8) is 0 Å². The zero-order valence-corrected chi connectivity index (χ0v) is 15.9. The quantitative estimate of drug-likeness (QED) is 0.671. The predicted octanol–water partition coefficient (Wildman–Crippen LogP) is 4.84. The van der Waals surface area contributed by atoms with Crippen LogP contribution in [-0.4, -0.2) is 36.0 Å². The summed E-state index contributed by atoms with van der Waals surface area (Å²) in [6.07, 6.45) is 3.43. The number of hydrogen-bond acceptors (Lipinski definition) is 3. The summed E-state index contributed by atoms with van der Waals surface area (Å²) in [4.78, 5) is 19.3. The molecular formula is C23H24N2O2. The number of methoxy groups -OCH3 is 1. The topological polar surface area (TPSA) is 42.4 Å². The number of likely N-dealkylation sites (tertiary alicyclic amines) is 1. The lowest BCUT2D eigenvalue weighted by molar-refractivity contribution is 0.0724. The predicted molar refractivity (Wildman–Crippen MR) is 108 cm³/mol. The first-order valence-corrected chi connectivity index (χ1v) is 9.51. The molecule has 0 unspecified atom stereocenters. The van der Waals surface area contributed by atoms with E-state index in [2.05, 4.69) is 17.1 Å². The zero-order chi connectivity index (χ0) is 18.8. The minimum atomic E-state index is 0.137. The molecule has 1 amide bonds. The molecule has 0 saturated carbocycles. The molecule has 0 radical (unpaired) electrons. The van der Waals surface area contributed by atoms with Crippen LogP contribution in [0.4, 0.5) is 0 Å². The van der Waals surface area contributed by atoms with Crippen molar-refractivity contribution in [2.45, 2.75) is 26.2 Å². The van der Waals surface area contributed by atoms with Gasteiger partial charge in [-0.05, 0) is 67.6 Å². The first-order valence-electron chi connectivity index (χ1n) is 9.51. The first-order chi connectivity index (χ1) is 13.2. The van der Waals surface area contributed by atoms with Gasteiger partial charge < -0.3 is 9.64 Å². The Morgan fingerprint density at radius 3 is 2.41 bits per heavy atom. The third kappa shape index (κ3) is 3.39. The van der Waals surface area contributed by atoms with Crippen molar-refractivity contribution in [1.82, 2.24) is 9.88 Å². The van der Waals surface area contributed by atoms with E-state index in [1.165, 1.54) is 6.42 Å². The number of nitrogens with zero attached hydrogens (tertiary/aromatic N) is 2. The molecule has 3 aromatic rings. The lowest BCUT2D eigenvalue weighted by atomic mass is 9.98. The highest BCUT2D eigenvalue weighted by Crippen LogP contribution is 2.33. The average molecular weight is 360 g/mol. The minimum absolute atomic E-state index is 0.137. The zero-order valence-electron chi connectivity index (χ0n) is 15.9. The van der Waals surface area contributed by atoms with Gasteiger partial charge in [0.1, 0.15) is 11.3 Å². The van der Waals surface area contributed by atoms with Gasteiger partial charge >= 0.3 is 0 Å². The average Bonchev–Trinajstić information content (AvgIpc) is 2.73. The maximum absolute atomic E-state index is 12.7. The van der Waals surface area contributed by atoms with Crippen LogP contribution in [0, 0.1) is 6.92 Å². The number of rotatable bonds is 3. The fourth-order valence-corrected chi connectivity index (χ4v) is 3.78. The maximum atomic E-state index is 12.7. The number of ether oxygens (including phenoxy) is 1. The summed E-state index contributed by atoms with van der Waals surface area (Å²) in [5.41, 5.74) is 4.75. The maximum Gasteiger partial charge on any atom is 0.253 e. The Morgan fingerprint density at radius 1 is 0.963 bits per heavy atom. The van der Waals surface area contributed by atoms with Crippen molar-refractivity contribution < 1.29 is 9.53 Å². The number of fused-ring (bicyclic) bond motifs is 1. The van der Waals surface area contributed by atoms with Crippen LogP contribution in [0.15, 0.2) is 48.5 Å². The van der Waals surface area contributed by atoms with Gasteiger partial charge in [-0.25, -0.2) is 4.98 Å². The third-order valence-electron chi connectivity index (χ3n) is 5.27. The number of aromatic nitrogens is 1. The normalized spacial score (nSPS) is 14.4. The summed E-state index contributed by atoms with van der Waals surface area (Å²) < 4.78 is 5.48. The number of aryl methyl sites for hydroxylation is 1. The van der Waals surface area contributed by atoms with E-state index >= 15 is 0 Å². The number of carbonyl (C=O) groups excluding carboxylic acids is 1. The molecule has 1 aromatic heterocycles. The van der Waals surface area contributed by atoms with E-state index in [-0.39, 0.29) is 5.91 Å². The summed E-state index contributed by atoms with van der Waals surface area (Å²) in [5, 5.41) is 1.05. The van der Waals surface area contributed by atoms with E-state index < -0.39 is 0 Å². The largest absolute Gasteiger partial charge is 0.494 e. The molecular weight excluding hydrogens is 336 g/mol. The highest BCUT2D eigenvalue weighted by molar-refractivity contribution is 5.99. The Bertz CT molecular complexity index is 974. The van der Waals surface area contributed by atoms with Gasteiger partial charge in [-0.3, -0.25) is 4.79 Å². The summed E-state index contributed by atoms with van der Waals surface area (Å²) in [6, 6.07) is 16.0. The molecule has 2 aromatic carbocycles. The third-order valence-corrected chi connectivity index (χ3v) is 5.27. The molecule has 2 heterocycles. The second-order valence-electron chi connectivity index (χ2n) is 7.09. The van der Waals surface area contributed by atoms with Crippen LogP contribution in [0.3, 0.4) is 0 Å². The van der Waals surface area contributed by atoms with Crippen molar-refractivity contribution in [1.29, 1.82) is 0 Å². The van der Waals surface area contributed by atoms with Crippen LogP contribution in [0.2, 0.25) is 0 Å². The monoisotopic (exact) mass is 360 g/mol. The number of hydrogen-bond donors (Lipinski definition) is 0. The number of pyridine rings is 1. The van der Waals surface area contributed by atoms with Crippen LogP contribution in [0.25, 0.3) is 22.0 Å². The number of amides is 1. The second kappa shape index (κ2) is 7.39. The molecule has 1 saturated heterocycles. The van der Waals surface area contributed by atoms with E-state index in [1.807, 2.05) is 48.2 Å². The Morgan fingerprint density at radius 2 is 1.70 bits per heavy atom. The Kier molecular flexibility index (Phi) is 4.80. The fourth-order valence-electron chi connectivity index (χ4n) is 3.78. The van der Waals surface area contributed by atoms with Gasteiger partial charge in [0.15, 0.2) is 0 Å². The fraction of sp³-hybridized carbons (Fsp3) is 0.304. The highest BCUT2D eigenvalue weighted by atomic mass is 16.5. The smallest absolute Gasteiger partial charge is 0.253 e. The second-order valence-corrected chi connectivity index (χ2v) is 7.09. The molecule has 4 rings (SSSR count). The van der Waals surface area contributed by atoms with E-state index in [0.29, 0.717) is 0 Å². The van der Waals surface area contributed by atoms with Gasteiger partial charge in [0.05, 0.1) is 7.11 Å². The van der Waals surface area contributed by atoms with Crippen LogP contribution in [0.5, 0.6) is 5.75 Å². The number of carbonyl (C=O) groups is 1. The van der Waals surface area contributed by atoms with Crippen molar-refractivity contribution in [3.05, 3.63) is 59.8 Å². The lowest BCUT2D eigenvalue weighted by Gasteiger charge is -2.26. The molecule has 0 spiro atoms. The molecule has 0 N–H and O–H groups in total.